The summed E-state index contributed by atoms with van der Waals surface area (Å²) in [6.07, 6.45) is 0.715. The molecule has 5 N–H and O–H groups in total. The van der Waals surface area contributed by atoms with E-state index in [1.165, 1.54) is 0 Å². The van der Waals surface area contributed by atoms with Crippen molar-refractivity contribution in [3.63, 3.8) is 0 Å². The Morgan fingerprint density at radius 2 is 1.67 bits per heavy atom. The van der Waals surface area contributed by atoms with Crippen LogP contribution in [0.2, 0.25) is 0 Å². The fourth-order valence-corrected chi connectivity index (χ4v) is 1.56. The van der Waals surface area contributed by atoms with Crippen LogP contribution in [0, 0.1) is 16.7 Å². The van der Waals surface area contributed by atoms with Gasteiger partial charge in [-0.2, -0.15) is 0 Å². The number of nitrogens with one attached hydrogen (secondary N) is 1. The minimum atomic E-state index is -0.740. The molecule has 0 heterocycles. The average Bonchev–Trinajstić information content (AvgIpc) is 2.21. The van der Waals surface area contributed by atoms with Crippen LogP contribution in [0.15, 0.2) is 0 Å². The molecule has 0 aliphatic carbocycles. The number of hydrogen-bond donors (Lipinski definition) is 3. The van der Waals surface area contributed by atoms with Gasteiger partial charge in [0.1, 0.15) is 0 Å². The molecule has 0 rings (SSSR count). The topological polar surface area (TPSA) is 98.2 Å². The standard InChI is InChI=1S/C13H27N3O2/c1-12(2,3)6-9(7-14)10(17)16-8-13(4,5)11(15)18/h9H,6-8,14H2,1-5H3,(H2,15,18)(H,16,17). The van der Waals surface area contributed by atoms with Crippen molar-refractivity contribution in [1.29, 1.82) is 0 Å². The number of amides is 2. The number of carbonyl (C=O) groups excluding carboxylic acids is 2. The highest BCUT2D eigenvalue weighted by Gasteiger charge is 2.28. The van der Waals surface area contributed by atoms with Crippen LogP contribution >= 0.6 is 0 Å². The molecule has 0 aromatic heterocycles. The first-order valence-corrected chi connectivity index (χ1v) is 6.27. The third-order valence-corrected chi connectivity index (χ3v) is 2.89. The van der Waals surface area contributed by atoms with E-state index >= 15 is 0 Å². The molecule has 0 bridgehead atoms. The molecule has 0 aliphatic rings. The van der Waals surface area contributed by atoms with Crippen molar-refractivity contribution in [1.82, 2.24) is 5.32 Å². The molecule has 5 heteroatoms. The van der Waals surface area contributed by atoms with Crippen LogP contribution in [-0.2, 0) is 9.59 Å². The van der Waals surface area contributed by atoms with E-state index < -0.39 is 11.3 Å². The summed E-state index contributed by atoms with van der Waals surface area (Å²) in [6.45, 7) is 10.2. The van der Waals surface area contributed by atoms with E-state index in [1.807, 2.05) is 0 Å². The summed E-state index contributed by atoms with van der Waals surface area (Å²) in [4.78, 5) is 23.1. The van der Waals surface area contributed by atoms with Gasteiger partial charge in [0, 0.05) is 13.1 Å². The van der Waals surface area contributed by atoms with Gasteiger partial charge in [-0.05, 0) is 25.7 Å². The van der Waals surface area contributed by atoms with Gasteiger partial charge in [0.2, 0.25) is 11.8 Å². The molecule has 0 radical (unpaired) electrons. The average molecular weight is 257 g/mol. The number of rotatable bonds is 6. The van der Waals surface area contributed by atoms with Gasteiger partial charge in [0.25, 0.3) is 0 Å². The Morgan fingerprint density at radius 3 is 2.00 bits per heavy atom. The number of carbonyl (C=O) groups is 2. The zero-order valence-electron chi connectivity index (χ0n) is 12.2. The molecule has 5 nitrogen and oxygen atoms in total. The molecule has 0 saturated heterocycles. The second-order valence-electron chi connectivity index (χ2n) is 6.66. The van der Waals surface area contributed by atoms with Gasteiger partial charge >= 0.3 is 0 Å². The van der Waals surface area contributed by atoms with E-state index in [1.54, 1.807) is 13.8 Å². The fraction of sp³-hybridized carbons (Fsp3) is 0.846. The Kier molecular flexibility index (Phi) is 5.80. The van der Waals surface area contributed by atoms with Crippen molar-refractivity contribution in [2.75, 3.05) is 13.1 Å². The molecule has 106 valence electrons. The molecular weight excluding hydrogens is 230 g/mol. The van der Waals surface area contributed by atoms with Crippen molar-refractivity contribution in [3.8, 4) is 0 Å². The van der Waals surface area contributed by atoms with Crippen LogP contribution < -0.4 is 16.8 Å². The third-order valence-electron chi connectivity index (χ3n) is 2.89. The molecule has 0 fully saturated rings. The summed E-state index contributed by atoms with van der Waals surface area (Å²) in [5.41, 5.74) is 10.2. The first-order valence-electron chi connectivity index (χ1n) is 6.27. The van der Waals surface area contributed by atoms with Crippen LogP contribution in [0.4, 0.5) is 0 Å². The van der Waals surface area contributed by atoms with E-state index in [2.05, 4.69) is 26.1 Å². The Bertz CT molecular complexity index is 306. The summed E-state index contributed by atoms with van der Waals surface area (Å²) in [7, 11) is 0. The summed E-state index contributed by atoms with van der Waals surface area (Å²) in [6, 6.07) is 0. The molecule has 0 spiro atoms. The van der Waals surface area contributed by atoms with Crippen molar-refractivity contribution in [2.24, 2.45) is 28.2 Å². The molecule has 0 aliphatic heterocycles. The summed E-state index contributed by atoms with van der Waals surface area (Å²) >= 11 is 0. The largest absolute Gasteiger partial charge is 0.369 e. The SMILES string of the molecule is CC(C)(C)CC(CN)C(=O)NCC(C)(C)C(N)=O. The van der Waals surface area contributed by atoms with E-state index in [4.69, 9.17) is 11.5 Å². The lowest BCUT2D eigenvalue weighted by Crippen LogP contribution is -2.45. The van der Waals surface area contributed by atoms with E-state index in [9.17, 15) is 9.59 Å². The van der Waals surface area contributed by atoms with Crippen LogP contribution in [0.1, 0.15) is 41.0 Å². The number of hydrogen-bond acceptors (Lipinski definition) is 3. The van der Waals surface area contributed by atoms with Gasteiger partial charge in [-0.1, -0.05) is 20.8 Å². The number of nitrogens with two attached hydrogens (primary N) is 2. The predicted octanol–water partition coefficient (Wildman–Crippen LogP) is 0.625. The van der Waals surface area contributed by atoms with E-state index in [0.29, 0.717) is 13.0 Å². The maximum absolute atomic E-state index is 12.0. The zero-order valence-corrected chi connectivity index (χ0v) is 12.2. The van der Waals surface area contributed by atoms with E-state index in [-0.39, 0.29) is 23.8 Å². The van der Waals surface area contributed by atoms with Gasteiger partial charge in [-0.3, -0.25) is 9.59 Å². The smallest absolute Gasteiger partial charge is 0.224 e. The maximum atomic E-state index is 12.0. The van der Waals surface area contributed by atoms with Crippen molar-refractivity contribution < 1.29 is 9.59 Å². The minimum Gasteiger partial charge on any atom is -0.369 e. The Balaban J connectivity index is 4.43. The molecule has 18 heavy (non-hydrogen) atoms. The highest BCUT2D eigenvalue weighted by atomic mass is 16.2. The number of primary amides is 1. The van der Waals surface area contributed by atoms with Crippen molar-refractivity contribution in [2.45, 2.75) is 41.0 Å². The zero-order chi connectivity index (χ0) is 14.6. The highest BCUT2D eigenvalue weighted by Crippen LogP contribution is 2.24. The first kappa shape index (κ1) is 16.9. The Labute approximate surface area is 110 Å². The van der Waals surface area contributed by atoms with Gasteiger partial charge in [-0.15, -0.1) is 0 Å². The van der Waals surface area contributed by atoms with Crippen LogP contribution in [0.3, 0.4) is 0 Å². The third kappa shape index (κ3) is 6.00. The second kappa shape index (κ2) is 6.18. The van der Waals surface area contributed by atoms with Gasteiger partial charge in [0.05, 0.1) is 11.3 Å². The molecule has 1 unspecified atom stereocenters. The molecule has 0 aromatic rings. The van der Waals surface area contributed by atoms with Crippen LogP contribution in [0.5, 0.6) is 0 Å². The highest BCUT2D eigenvalue weighted by molar-refractivity contribution is 5.82. The van der Waals surface area contributed by atoms with Gasteiger partial charge in [-0.25, -0.2) is 0 Å². The summed E-state index contributed by atoms with van der Waals surface area (Å²) in [5.74, 6) is -0.765. The normalized spacial score (nSPS) is 14.1. The molecular formula is C13H27N3O2. The maximum Gasteiger partial charge on any atom is 0.224 e. The lowest BCUT2D eigenvalue weighted by molar-refractivity contribution is -0.128. The van der Waals surface area contributed by atoms with Gasteiger partial charge < -0.3 is 16.8 Å². The van der Waals surface area contributed by atoms with Crippen molar-refractivity contribution in [3.05, 3.63) is 0 Å². The summed E-state index contributed by atoms with van der Waals surface area (Å²) in [5, 5.41) is 2.76. The predicted molar refractivity (Wildman–Crippen MR) is 72.6 cm³/mol. The lowest BCUT2D eigenvalue weighted by Gasteiger charge is -2.26. The molecule has 1 atom stereocenters. The molecule has 2 amide bonds. The fourth-order valence-electron chi connectivity index (χ4n) is 1.56. The monoisotopic (exact) mass is 257 g/mol. The van der Waals surface area contributed by atoms with Crippen LogP contribution in [0.25, 0.3) is 0 Å². The van der Waals surface area contributed by atoms with E-state index in [0.717, 1.165) is 0 Å². The van der Waals surface area contributed by atoms with Gasteiger partial charge in [0.15, 0.2) is 0 Å². The molecule has 0 aromatic carbocycles. The quantitative estimate of drug-likeness (QED) is 0.650. The second-order valence-corrected chi connectivity index (χ2v) is 6.66. The first-order chi connectivity index (χ1) is 7.99. The Morgan fingerprint density at radius 1 is 1.17 bits per heavy atom. The van der Waals surface area contributed by atoms with Crippen molar-refractivity contribution >= 4 is 11.8 Å². The molecule has 0 saturated carbocycles. The van der Waals surface area contributed by atoms with Crippen LogP contribution in [-0.4, -0.2) is 24.9 Å². The lowest BCUT2D eigenvalue weighted by atomic mass is 9.84. The summed E-state index contributed by atoms with van der Waals surface area (Å²) < 4.78 is 0. The Hall–Kier alpha value is -1.10. The minimum absolute atomic E-state index is 0.0422.